The van der Waals surface area contributed by atoms with Crippen molar-refractivity contribution >= 4 is 55.5 Å². The first-order valence-corrected chi connectivity index (χ1v) is 25.5. The number of benzene rings is 3. The number of carbonyl (C=O) groups excluding carboxylic acids is 7. The Hall–Kier alpha value is -8.32. The maximum Gasteiger partial charge on any atom is 0.475 e. The molecule has 1 unspecified atom stereocenters. The molecule has 2 heterocycles. The Labute approximate surface area is 448 Å². The summed E-state index contributed by atoms with van der Waals surface area (Å²) in [5.41, 5.74) is 6.00. The number of phosphoric ester groups is 1. The lowest BCUT2D eigenvalue weighted by Gasteiger charge is -2.26. The summed E-state index contributed by atoms with van der Waals surface area (Å²) in [4.78, 5) is 107. The van der Waals surface area contributed by atoms with Crippen molar-refractivity contribution in [3.63, 3.8) is 0 Å². The van der Waals surface area contributed by atoms with Crippen LogP contribution >= 0.6 is 7.82 Å². The second kappa shape index (κ2) is 31.0. The molecule has 5 rings (SSSR count). The molecule has 416 valence electrons. The summed E-state index contributed by atoms with van der Waals surface area (Å²) in [6.07, 6.45) is -0.364. The SMILES string of the molecule is C=CCOC(=O)Nc1ccn([C@H]2C[C@H](OC(C)=O)[C@@H](COP(=O)(OCC=C)OC[C@H](NC(=O)[C@H](Cc3ccccc3)NNC(=O)OCc3ccc(OC(=O)Cc4ccccc4)cc3)C(=O)N[C@@H](C)C(=O)OCC=C)O2)c(=O)n1. The minimum atomic E-state index is -4.82. The molecule has 7 atom stereocenters. The maximum absolute atomic E-state index is 14.3. The molecule has 3 aromatic carbocycles. The van der Waals surface area contributed by atoms with Gasteiger partial charge in [-0.05, 0) is 48.2 Å². The molecular weight excluding hydrogens is 1040 g/mol. The number of aromatic nitrogens is 2. The third-order valence-electron chi connectivity index (χ3n) is 10.7. The predicted molar refractivity (Wildman–Crippen MR) is 277 cm³/mol. The zero-order valence-electron chi connectivity index (χ0n) is 42.6. The van der Waals surface area contributed by atoms with E-state index >= 15 is 0 Å². The Kier molecular flexibility index (Phi) is 24.1. The van der Waals surface area contributed by atoms with E-state index in [9.17, 15) is 42.9 Å². The van der Waals surface area contributed by atoms with Crippen LogP contribution in [-0.4, -0.2) is 115 Å². The quantitative estimate of drug-likeness (QED) is 0.0120. The van der Waals surface area contributed by atoms with Crippen LogP contribution in [0, 0.1) is 0 Å². The van der Waals surface area contributed by atoms with Crippen molar-refractivity contribution in [1.29, 1.82) is 0 Å². The van der Waals surface area contributed by atoms with Crippen LogP contribution in [0.3, 0.4) is 0 Å². The molecule has 78 heavy (non-hydrogen) atoms. The summed E-state index contributed by atoms with van der Waals surface area (Å²) in [7, 11) is -4.82. The zero-order chi connectivity index (χ0) is 56.5. The van der Waals surface area contributed by atoms with Crippen LogP contribution in [-0.2, 0) is 85.2 Å². The van der Waals surface area contributed by atoms with Gasteiger partial charge in [-0.1, -0.05) is 104 Å². The Bertz CT molecular complexity index is 2820. The number of ether oxygens (including phenoxy) is 6. The smallest absolute Gasteiger partial charge is 0.460 e. The van der Waals surface area contributed by atoms with Crippen molar-refractivity contribution in [2.24, 2.45) is 0 Å². The third-order valence-corrected chi connectivity index (χ3v) is 12.1. The maximum atomic E-state index is 14.3. The highest BCUT2D eigenvalue weighted by molar-refractivity contribution is 7.48. The summed E-state index contributed by atoms with van der Waals surface area (Å²) < 4.78 is 64.3. The third kappa shape index (κ3) is 20.3. The molecule has 1 fully saturated rings. The summed E-state index contributed by atoms with van der Waals surface area (Å²) in [6.45, 7) is 10.4. The van der Waals surface area contributed by atoms with Gasteiger partial charge in [-0.25, -0.2) is 29.2 Å². The second-order valence-corrected chi connectivity index (χ2v) is 18.4. The molecule has 5 N–H and O–H groups in total. The zero-order valence-corrected chi connectivity index (χ0v) is 43.5. The molecule has 4 amide bonds. The van der Waals surface area contributed by atoms with E-state index in [2.05, 4.69) is 51.5 Å². The fourth-order valence-corrected chi connectivity index (χ4v) is 8.16. The van der Waals surface area contributed by atoms with E-state index in [0.717, 1.165) is 17.1 Å². The molecule has 1 aliphatic rings. The Morgan fingerprint density at radius 1 is 0.769 bits per heavy atom. The summed E-state index contributed by atoms with van der Waals surface area (Å²) in [5.74, 6) is -3.87. The molecule has 1 saturated heterocycles. The second-order valence-electron chi connectivity index (χ2n) is 16.7. The molecule has 4 aromatic rings. The van der Waals surface area contributed by atoms with Gasteiger partial charge in [0.25, 0.3) is 0 Å². The van der Waals surface area contributed by atoms with Crippen molar-refractivity contribution in [2.45, 2.75) is 76.3 Å². The number of esters is 3. The molecular formula is C52H60N7O18P. The number of hydrogen-bond acceptors (Lipinski definition) is 20. The minimum absolute atomic E-state index is 0.0704. The van der Waals surface area contributed by atoms with Gasteiger partial charge in [-0.15, -0.1) is 6.58 Å². The van der Waals surface area contributed by atoms with E-state index < -0.39 is 112 Å². The minimum Gasteiger partial charge on any atom is -0.460 e. The van der Waals surface area contributed by atoms with Gasteiger partial charge in [0, 0.05) is 19.5 Å². The van der Waals surface area contributed by atoms with E-state index in [1.807, 2.05) is 18.2 Å². The van der Waals surface area contributed by atoms with Crippen LogP contribution < -0.4 is 37.2 Å². The molecule has 0 radical (unpaired) electrons. The molecule has 0 spiro atoms. The van der Waals surface area contributed by atoms with Crippen molar-refractivity contribution in [3.8, 4) is 5.75 Å². The number of carbonyl (C=O) groups is 7. The Morgan fingerprint density at radius 3 is 2.08 bits per heavy atom. The van der Waals surface area contributed by atoms with Crippen LogP contribution in [0.2, 0.25) is 0 Å². The Morgan fingerprint density at radius 2 is 1.42 bits per heavy atom. The van der Waals surface area contributed by atoms with Crippen LogP contribution in [0.4, 0.5) is 15.4 Å². The number of hydrazine groups is 1. The van der Waals surface area contributed by atoms with Crippen molar-refractivity contribution < 1.29 is 80.1 Å². The molecule has 25 nitrogen and oxygen atoms in total. The normalized spacial score (nSPS) is 16.5. The first-order chi connectivity index (χ1) is 37.5. The highest BCUT2D eigenvalue weighted by Crippen LogP contribution is 2.50. The van der Waals surface area contributed by atoms with Crippen LogP contribution in [0.25, 0.3) is 0 Å². The van der Waals surface area contributed by atoms with Gasteiger partial charge in [0.05, 0.1) is 26.2 Å². The summed E-state index contributed by atoms with van der Waals surface area (Å²) in [6, 6.07) is 20.8. The van der Waals surface area contributed by atoms with Crippen LogP contribution in [0.1, 0.15) is 43.2 Å². The van der Waals surface area contributed by atoms with Crippen molar-refractivity contribution in [3.05, 3.63) is 162 Å². The molecule has 26 heteroatoms. The van der Waals surface area contributed by atoms with Gasteiger partial charge in [-0.2, -0.15) is 4.98 Å². The number of nitrogens with one attached hydrogen (secondary N) is 5. The molecule has 0 saturated carbocycles. The van der Waals surface area contributed by atoms with E-state index in [0.29, 0.717) is 11.1 Å². The number of rotatable bonds is 30. The van der Waals surface area contributed by atoms with Gasteiger partial charge in [0.2, 0.25) is 11.8 Å². The van der Waals surface area contributed by atoms with E-state index in [4.69, 9.17) is 42.0 Å². The number of nitrogens with zero attached hydrogens (tertiary/aromatic N) is 2. The van der Waals surface area contributed by atoms with Gasteiger partial charge in [-0.3, -0.25) is 48.1 Å². The fourth-order valence-electron chi connectivity index (χ4n) is 6.99. The highest BCUT2D eigenvalue weighted by atomic mass is 31.2. The lowest BCUT2D eigenvalue weighted by Crippen LogP contribution is -2.59. The lowest BCUT2D eigenvalue weighted by molar-refractivity contribution is -0.150. The fraction of sp³-hybridized carbons (Fsp3) is 0.327. The highest BCUT2D eigenvalue weighted by Gasteiger charge is 2.42. The molecule has 0 aliphatic carbocycles. The van der Waals surface area contributed by atoms with E-state index in [-0.39, 0.29) is 50.7 Å². The molecule has 1 aliphatic heterocycles. The van der Waals surface area contributed by atoms with Crippen molar-refractivity contribution in [1.82, 2.24) is 31.0 Å². The average molecular weight is 1100 g/mol. The largest absolute Gasteiger partial charge is 0.475 e. The summed E-state index contributed by atoms with van der Waals surface area (Å²) >= 11 is 0. The molecule has 0 bridgehead atoms. The van der Waals surface area contributed by atoms with Crippen LogP contribution in [0.5, 0.6) is 5.75 Å². The van der Waals surface area contributed by atoms with E-state index in [1.165, 1.54) is 49.5 Å². The van der Waals surface area contributed by atoms with Gasteiger partial charge in [0.1, 0.15) is 67.9 Å². The average Bonchev–Trinajstić information content (AvgIpc) is 3.85. The summed E-state index contributed by atoms with van der Waals surface area (Å²) in [5, 5.41) is 7.22. The first-order valence-electron chi connectivity index (χ1n) is 24.0. The number of anilines is 1. The standard InChI is InChI=1S/C52H60N7O18P/c1-6-25-69-49(64)34(4)53-48(63)41(32-73-78(68,72-27-8-3)74-33-43-42(75-35(5)60)30-45(77-43)59-24-23-44(55-50(59)65)56-51(66)70-26-7-2)54-47(62)40(28-36-15-11-9-12-16-36)57-58-52(67)71-31-38-19-21-39(22-20-38)76-46(61)29-37-17-13-10-14-18-37/h6-24,34,40-43,45,57H,1-3,25-33H2,4-5H3,(H,53,63)(H,54,62)(H,58,67)(H,55,56,65,66)/t34-,40-,41-,42-,43+,45+,78?/m0/s1. The lowest BCUT2D eigenvalue weighted by atomic mass is 10.1. The van der Waals surface area contributed by atoms with E-state index in [1.54, 1.807) is 54.6 Å². The number of phosphoric acid groups is 1. The van der Waals surface area contributed by atoms with Crippen molar-refractivity contribution in [2.75, 3.05) is 38.4 Å². The van der Waals surface area contributed by atoms with Gasteiger partial charge < -0.3 is 39.1 Å². The number of hydrogen-bond donors (Lipinski definition) is 5. The topological polar surface area (TPSA) is 315 Å². The molecule has 1 aromatic heterocycles. The monoisotopic (exact) mass is 1100 g/mol. The van der Waals surface area contributed by atoms with Gasteiger partial charge in [0.15, 0.2) is 0 Å². The number of amides is 4. The predicted octanol–water partition coefficient (Wildman–Crippen LogP) is 4.45. The van der Waals surface area contributed by atoms with Crippen LogP contribution in [0.15, 0.2) is 140 Å². The first kappa shape index (κ1) is 60.5. The Balaban J connectivity index is 1.28. The van der Waals surface area contributed by atoms with Gasteiger partial charge >= 0.3 is 43.6 Å².